The van der Waals surface area contributed by atoms with E-state index in [2.05, 4.69) is 4.98 Å². The van der Waals surface area contributed by atoms with Crippen molar-refractivity contribution < 1.29 is 22.3 Å². The van der Waals surface area contributed by atoms with Crippen molar-refractivity contribution >= 4 is 39.2 Å². The molecule has 0 radical (unpaired) electrons. The summed E-state index contributed by atoms with van der Waals surface area (Å²) in [4.78, 5) is 14.8. The summed E-state index contributed by atoms with van der Waals surface area (Å²) in [6.45, 7) is 0. The number of hydrogen-bond acceptors (Lipinski definition) is 5. The monoisotopic (exact) mass is 398 g/mol. The quantitative estimate of drug-likeness (QED) is 0.461. The predicted molar refractivity (Wildman–Crippen MR) is 91.4 cm³/mol. The number of alkyl halides is 3. The summed E-state index contributed by atoms with van der Waals surface area (Å²) < 4.78 is 49.3. The molecule has 0 aliphatic rings. The third-order valence-corrected chi connectivity index (χ3v) is 5.58. The number of fused-ring (bicyclic) bond motifs is 1. The lowest BCUT2D eigenvalue weighted by molar-refractivity contribution is -0.388. The zero-order valence-electron chi connectivity index (χ0n) is 12.8. The van der Waals surface area contributed by atoms with E-state index in [1.807, 2.05) is 12.1 Å². The molecule has 1 atom stereocenters. The molecule has 3 rings (SSSR count). The van der Waals surface area contributed by atoms with Crippen molar-refractivity contribution in [1.82, 2.24) is 4.98 Å². The summed E-state index contributed by atoms with van der Waals surface area (Å²) in [5, 5.41) is 12.1. The second kappa shape index (κ2) is 7.04. The van der Waals surface area contributed by atoms with E-state index in [1.165, 1.54) is 6.07 Å². The molecule has 0 saturated heterocycles. The number of pyridine rings is 1. The van der Waals surface area contributed by atoms with Crippen LogP contribution in [0.5, 0.6) is 0 Å². The zero-order chi connectivity index (χ0) is 18.9. The van der Waals surface area contributed by atoms with Gasteiger partial charge in [-0.2, -0.15) is 13.2 Å². The van der Waals surface area contributed by atoms with Gasteiger partial charge in [0, 0.05) is 22.5 Å². The van der Waals surface area contributed by atoms with Crippen LogP contribution in [0.4, 0.5) is 18.9 Å². The molecular weight excluding hydrogens is 389 g/mol. The van der Waals surface area contributed by atoms with Crippen molar-refractivity contribution in [1.29, 1.82) is 0 Å². The van der Waals surface area contributed by atoms with Gasteiger partial charge in [0.15, 0.2) is 10.8 Å². The third-order valence-electron chi connectivity index (χ3n) is 3.37. The summed E-state index contributed by atoms with van der Waals surface area (Å²) in [5.41, 5.74) is -4.91. The Kier molecular flexibility index (Phi) is 4.97. The molecule has 0 spiro atoms. The van der Waals surface area contributed by atoms with Gasteiger partial charge in [0.1, 0.15) is 0 Å². The van der Waals surface area contributed by atoms with Crippen molar-refractivity contribution in [2.45, 2.75) is 20.2 Å². The van der Waals surface area contributed by atoms with E-state index in [0.717, 1.165) is 23.2 Å². The standard InChI is InChI=1S/C16H9F3N2O3S2/c17-16(18,19)26(24)11-6-7-13(12(9-11)21(22)23)25-14-5-1-3-10-4-2-8-20-15(10)14/h1-9H/t26-/m1/s1. The van der Waals surface area contributed by atoms with Crippen molar-refractivity contribution in [3.63, 3.8) is 0 Å². The topological polar surface area (TPSA) is 73.1 Å². The van der Waals surface area contributed by atoms with Crippen molar-refractivity contribution in [3.05, 3.63) is 64.8 Å². The molecule has 0 bridgehead atoms. The Labute approximate surface area is 151 Å². The van der Waals surface area contributed by atoms with Gasteiger partial charge in [-0.15, -0.1) is 0 Å². The van der Waals surface area contributed by atoms with Crippen LogP contribution < -0.4 is 0 Å². The number of halogens is 3. The van der Waals surface area contributed by atoms with Gasteiger partial charge in [-0.3, -0.25) is 15.1 Å². The van der Waals surface area contributed by atoms with Gasteiger partial charge in [-0.05, 0) is 24.3 Å². The van der Waals surface area contributed by atoms with Crippen molar-refractivity contribution in [2.24, 2.45) is 0 Å². The molecule has 2 aromatic carbocycles. The Morgan fingerprint density at radius 3 is 2.50 bits per heavy atom. The lowest BCUT2D eigenvalue weighted by Crippen LogP contribution is -2.16. The minimum Gasteiger partial charge on any atom is -0.258 e. The second-order valence-corrected chi connectivity index (χ2v) is 7.59. The summed E-state index contributed by atoms with van der Waals surface area (Å²) >= 11 is 1.02. The molecular formula is C16H9F3N2O3S2. The highest BCUT2D eigenvalue weighted by atomic mass is 32.2. The molecule has 0 aliphatic carbocycles. The molecule has 26 heavy (non-hydrogen) atoms. The minimum absolute atomic E-state index is 0.135. The fourth-order valence-corrected chi connectivity index (χ4v) is 3.95. The molecule has 1 heterocycles. The van der Waals surface area contributed by atoms with Crippen molar-refractivity contribution in [3.8, 4) is 0 Å². The first-order valence-corrected chi connectivity index (χ1v) is 9.02. The summed E-state index contributed by atoms with van der Waals surface area (Å²) in [5.74, 6) is 0. The maximum absolute atomic E-state index is 12.6. The predicted octanol–water partition coefficient (Wildman–Crippen LogP) is 4.92. The van der Waals surface area contributed by atoms with E-state index < -0.39 is 31.8 Å². The first-order valence-electron chi connectivity index (χ1n) is 7.06. The largest absolute Gasteiger partial charge is 0.475 e. The Morgan fingerprint density at radius 2 is 1.81 bits per heavy atom. The Bertz CT molecular complexity index is 1020. The third kappa shape index (κ3) is 3.70. The number of benzene rings is 2. The van der Waals surface area contributed by atoms with Crippen molar-refractivity contribution in [2.75, 3.05) is 0 Å². The molecule has 0 saturated carbocycles. The van der Waals surface area contributed by atoms with Gasteiger partial charge >= 0.3 is 5.51 Å². The van der Waals surface area contributed by atoms with E-state index in [1.54, 1.807) is 24.4 Å². The Morgan fingerprint density at radius 1 is 1.08 bits per heavy atom. The van der Waals surface area contributed by atoms with Gasteiger partial charge in [0.2, 0.25) is 0 Å². The van der Waals surface area contributed by atoms with Gasteiger partial charge in [0.05, 0.1) is 20.2 Å². The first kappa shape index (κ1) is 18.3. The maximum Gasteiger partial charge on any atom is 0.475 e. The smallest absolute Gasteiger partial charge is 0.258 e. The van der Waals surface area contributed by atoms with Crippen LogP contribution in [0.1, 0.15) is 0 Å². The number of nitrogens with zero attached hydrogens (tertiary/aromatic N) is 2. The molecule has 0 aliphatic heterocycles. The van der Waals surface area contributed by atoms with Crippen LogP contribution in [0.3, 0.4) is 0 Å². The Balaban J connectivity index is 2.05. The number of hydrogen-bond donors (Lipinski definition) is 0. The average Bonchev–Trinajstić information content (AvgIpc) is 2.61. The van der Waals surface area contributed by atoms with E-state index in [4.69, 9.17) is 0 Å². The van der Waals surface area contributed by atoms with Gasteiger partial charge < -0.3 is 0 Å². The molecule has 0 N–H and O–H groups in total. The van der Waals surface area contributed by atoms with Crippen LogP contribution in [0.15, 0.2) is 69.4 Å². The molecule has 134 valence electrons. The summed E-state index contributed by atoms with van der Waals surface area (Å²) in [6.07, 6.45) is 1.58. The van der Waals surface area contributed by atoms with E-state index in [-0.39, 0.29) is 4.90 Å². The number of para-hydroxylation sites is 1. The van der Waals surface area contributed by atoms with E-state index >= 15 is 0 Å². The SMILES string of the molecule is O=[N+]([O-])c1cc([S@@](=O)C(F)(F)F)ccc1Sc1cccc2cccnc12. The van der Waals surface area contributed by atoms with Crippen LogP contribution in [0.25, 0.3) is 10.9 Å². The highest BCUT2D eigenvalue weighted by molar-refractivity contribution is 7.99. The minimum atomic E-state index is -4.98. The summed E-state index contributed by atoms with van der Waals surface area (Å²) in [6, 6.07) is 11.7. The van der Waals surface area contributed by atoms with Crippen LogP contribution >= 0.6 is 11.8 Å². The van der Waals surface area contributed by atoms with E-state index in [9.17, 15) is 27.5 Å². The molecule has 1 aromatic heterocycles. The molecule has 3 aromatic rings. The van der Waals surface area contributed by atoms with Gasteiger partial charge in [-0.25, -0.2) is 4.21 Å². The van der Waals surface area contributed by atoms with Gasteiger partial charge in [-0.1, -0.05) is 30.0 Å². The lowest BCUT2D eigenvalue weighted by atomic mass is 10.2. The number of rotatable bonds is 4. The maximum atomic E-state index is 12.6. The number of nitro groups is 1. The molecule has 0 unspecified atom stereocenters. The normalized spacial score (nSPS) is 12.9. The van der Waals surface area contributed by atoms with E-state index in [0.29, 0.717) is 16.5 Å². The fourth-order valence-electron chi connectivity index (χ4n) is 2.25. The lowest BCUT2D eigenvalue weighted by Gasteiger charge is -2.09. The number of aromatic nitrogens is 1. The van der Waals surface area contributed by atoms with Crippen LogP contribution in [-0.2, 0) is 10.8 Å². The highest BCUT2D eigenvalue weighted by Crippen LogP contribution is 2.39. The average molecular weight is 398 g/mol. The second-order valence-electron chi connectivity index (χ2n) is 5.03. The molecule has 0 fully saturated rings. The first-order chi connectivity index (χ1) is 12.3. The number of nitro benzene ring substituents is 1. The summed E-state index contributed by atoms with van der Waals surface area (Å²) in [7, 11) is -3.33. The van der Waals surface area contributed by atoms with Crippen LogP contribution in [-0.4, -0.2) is 19.6 Å². The molecule has 10 heteroatoms. The Hall–Kier alpha value is -2.46. The van der Waals surface area contributed by atoms with Crippen LogP contribution in [0.2, 0.25) is 0 Å². The highest BCUT2D eigenvalue weighted by Gasteiger charge is 2.38. The zero-order valence-corrected chi connectivity index (χ0v) is 14.4. The molecule has 0 amide bonds. The molecule has 5 nitrogen and oxygen atoms in total. The van der Waals surface area contributed by atoms with Gasteiger partial charge in [0.25, 0.3) is 5.69 Å². The fraction of sp³-hybridized carbons (Fsp3) is 0.0625. The van der Waals surface area contributed by atoms with Crippen LogP contribution in [0, 0.1) is 10.1 Å².